The van der Waals surface area contributed by atoms with Crippen molar-refractivity contribution in [2.75, 3.05) is 0 Å². The maximum atomic E-state index is 9.08. The third-order valence-corrected chi connectivity index (χ3v) is 3.75. The predicted molar refractivity (Wildman–Crippen MR) is 83.9 cm³/mol. The molecule has 0 saturated carbocycles. The molecule has 0 aliphatic carbocycles. The van der Waals surface area contributed by atoms with Crippen LogP contribution in [0.4, 0.5) is 0 Å². The molecular weight excluding hydrogens is 256 g/mol. The molecule has 0 fully saturated rings. The molecule has 0 saturated heterocycles. The van der Waals surface area contributed by atoms with E-state index in [1.54, 1.807) is 0 Å². The summed E-state index contributed by atoms with van der Waals surface area (Å²) in [5, 5.41) is 18.2. The van der Waals surface area contributed by atoms with Gasteiger partial charge in [0.2, 0.25) is 0 Å². The van der Waals surface area contributed by atoms with E-state index in [9.17, 15) is 0 Å². The second-order valence-corrected chi connectivity index (χ2v) is 5.09. The molecule has 2 nitrogen and oxygen atoms in total. The molecule has 2 heteroatoms. The van der Waals surface area contributed by atoms with E-state index in [0.29, 0.717) is 0 Å². The van der Waals surface area contributed by atoms with Gasteiger partial charge in [0.25, 0.3) is 0 Å². The van der Waals surface area contributed by atoms with Gasteiger partial charge in [-0.25, -0.2) is 0 Å². The Kier molecular flexibility index (Phi) is 4.75. The third-order valence-electron chi connectivity index (χ3n) is 3.75. The highest BCUT2D eigenvalue weighted by Crippen LogP contribution is 2.18. The summed E-state index contributed by atoms with van der Waals surface area (Å²) in [5.74, 6) is 0. The summed E-state index contributed by atoms with van der Waals surface area (Å²) in [6.07, 6.45) is 2.56. The fourth-order valence-electron chi connectivity index (χ4n) is 2.55. The maximum Gasteiger partial charge on any atom is 0.0994 e. The number of hydrogen-bond donors (Lipinski definition) is 0. The number of nitrogens with zero attached hydrogens (tertiary/aromatic N) is 2. The van der Waals surface area contributed by atoms with Gasteiger partial charge in [0, 0.05) is 0 Å². The third kappa shape index (κ3) is 3.30. The van der Waals surface area contributed by atoms with Gasteiger partial charge in [-0.1, -0.05) is 38.1 Å². The average Bonchev–Trinajstić information content (AvgIpc) is 2.54. The number of benzene rings is 2. The summed E-state index contributed by atoms with van der Waals surface area (Å²) in [7, 11) is 0. The molecule has 2 aromatic carbocycles. The van der Waals surface area contributed by atoms with Crippen molar-refractivity contribution in [2.24, 2.45) is 0 Å². The summed E-state index contributed by atoms with van der Waals surface area (Å²) in [5.41, 5.74) is 6.12. The quantitative estimate of drug-likeness (QED) is 0.841. The fraction of sp³-hybridized carbons (Fsp3) is 0.263. The summed E-state index contributed by atoms with van der Waals surface area (Å²) in [6.45, 7) is 4.13. The highest BCUT2D eigenvalue weighted by molar-refractivity contribution is 5.44. The van der Waals surface area contributed by atoms with Crippen molar-refractivity contribution >= 4 is 0 Å². The number of hydrogen-bond acceptors (Lipinski definition) is 2. The summed E-state index contributed by atoms with van der Waals surface area (Å²) in [4.78, 5) is 0. The van der Waals surface area contributed by atoms with Crippen molar-refractivity contribution in [3.8, 4) is 12.1 Å². The number of rotatable bonds is 4. The van der Waals surface area contributed by atoms with E-state index in [0.717, 1.165) is 41.5 Å². The van der Waals surface area contributed by atoms with Crippen LogP contribution in [0.1, 0.15) is 47.2 Å². The SMILES string of the molecule is CCc1cc(Cc2ccc(C#N)c(CC)c2)ccc1C#N. The topological polar surface area (TPSA) is 47.6 Å². The molecule has 21 heavy (non-hydrogen) atoms. The largest absolute Gasteiger partial charge is 0.192 e. The molecule has 104 valence electrons. The molecule has 0 amide bonds. The molecule has 0 atom stereocenters. The van der Waals surface area contributed by atoms with Crippen LogP contribution in [-0.4, -0.2) is 0 Å². The normalized spacial score (nSPS) is 9.90. The van der Waals surface area contributed by atoms with Gasteiger partial charge in [-0.2, -0.15) is 10.5 Å². The molecule has 0 N–H and O–H groups in total. The zero-order chi connectivity index (χ0) is 15.2. The molecule has 0 heterocycles. The van der Waals surface area contributed by atoms with Crippen LogP contribution in [0.15, 0.2) is 36.4 Å². The van der Waals surface area contributed by atoms with E-state index in [-0.39, 0.29) is 0 Å². The minimum atomic E-state index is 0.760. The van der Waals surface area contributed by atoms with E-state index in [4.69, 9.17) is 10.5 Å². The zero-order valence-corrected chi connectivity index (χ0v) is 12.5. The summed E-state index contributed by atoms with van der Waals surface area (Å²) in [6, 6.07) is 16.5. The molecule has 0 radical (unpaired) electrons. The Bertz CT molecular complexity index is 667. The number of nitriles is 2. The van der Waals surface area contributed by atoms with Crippen LogP contribution >= 0.6 is 0 Å². The van der Waals surface area contributed by atoms with E-state index in [1.807, 2.05) is 24.3 Å². The minimum absolute atomic E-state index is 0.760. The van der Waals surface area contributed by atoms with E-state index in [2.05, 4.69) is 38.1 Å². The van der Waals surface area contributed by atoms with Gasteiger partial charge in [0.05, 0.1) is 23.3 Å². The Morgan fingerprint density at radius 3 is 1.52 bits per heavy atom. The average molecular weight is 274 g/mol. The van der Waals surface area contributed by atoms with Crippen molar-refractivity contribution in [3.63, 3.8) is 0 Å². The predicted octanol–water partition coefficient (Wildman–Crippen LogP) is 4.15. The van der Waals surface area contributed by atoms with Crippen molar-refractivity contribution in [1.29, 1.82) is 10.5 Å². The first-order chi connectivity index (χ1) is 10.2. The Balaban J connectivity index is 2.31. The second kappa shape index (κ2) is 6.73. The monoisotopic (exact) mass is 274 g/mol. The number of aryl methyl sites for hydroxylation is 2. The summed E-state index contributed by atoms with van der Waals surface area (Å²) < 4.78 is 0. The van der Waals surface area contributed by atoms with Crippen LogP contribution in [0.2, 0.25) is 0 Å². The lowest BCUT2D eigenvalue weighted by Gasteiger charge is -2.08. The lowest BCUT2D eigenvalue weighted by Crippen LogP contribution is -1.96. The molecule has 0 aliphatic rings. The first kappa shape index (κ1) is 14.8. The molecule has 0 spiro atoms. The van der Waals surface area contributed by atoms with Gasteiger partial charge >= 0.3 is 0 Å². The van der Waals surface area contributed by atoms with Crippen molar-refractivity contribution in [3.05, 3.63) is 69.8 Å². The van der Waals surface area contributed by atoms with Gasteiger partial charge in [-0.3, -0.25) is 0 Å². The Morgan fingerprint density at radius 1 is 0.762 bits per heavy atom. The van der Waals surface area contributed by atoms with Gasteiger partial charge < -0.3 is 0 Å². The van der Waals surface area contributed by atoms with E-state index < -0.39 is 0 Å². The van der Waals surface area contributed by atoms with Crippen molar-refractivity contribution in [1.82, 2.24) is 0 Å². The second-order valence-electron chi connectivity index (χ2n) is 5.09. The Hall–Kier alpha value is -2.58. The first-order valence-corrected chi connectivity index (χ1v) is 7.25. The van der Waals surface area contributed by atoms with Crippen LogP contribution in [0.5, 0.6) is 0 Å². The smallest absolute Gasteiger partial charge is 0.0994 e. The molecule has 2 aromatic rings. The lowest BCUT2D eigenvalue weighted by atomic mass is 9.96. The lowest BCUT2D eigenvalue weighted by molar-refractivity contribution is 1.08. The molecule has 0 aliphatic heterocycles. The fourth-order valence-corrected chi connectivity index (χ4v) is 2.55. The van der Waals surface area contributed by atoms with E-state index in [1.165, 1.54) is 11.1 Å². The van der Waals surface area contributed by atoms with Crippen molar-refractivity contribution in [2.45, 2.75) is 33.1 Å². The highest BCUT2D eigenvalue weighted by atomic mass is 14.2. The zero-order valence-electron chi connectivity index (χ0n) is 12.5. The van der Waals surface area contributed by atoms with Crippen LogP contribution in [0.25, 0.3) is 0 Å². The maximum absolute atomic E-state index is 9.08. The Morgan fingerprint density at radius 2 is 1.19 bits per heavy atom. The summed E-state index contributed by atoms with van der Waals surface area (Å²) >= 11 is 0. The van der Waals surface area contributed by atoms with Gasteiger partial charge in [-0.15, -0.1) is 0 Å². The molecular formula is C19H18N2. The van der Waals surface area contributed by atoms with Gasteiger partial charge in [0.15, 0.2) is 0 Å². The van der Waals surface area contributed by atoms with Crippen LogP contribution in [-0.2, 0) is 19.3 Å². The molecule has 0 aromatic heterocycles. The molecule has 0 unspecified atom stereocenters. The molecule has 0 bridgehead atoms. The minimum Gasteiger partial charge on any atom is -0.192 e. The van der Waals surface area contributed by atoms with Crippen LogP contribution in [0.3, 0.4) is 0 Å². The Labute approximate surface area is 126 Å². The molecule has 2 rings (SSSR count). The van der Waals surface area contributed by atoms with E-state index >= 15 is 0 Å². The van der Waals surface area contributed by atoms with Crippen molar-refractivity contribution < 1.29 is 0 Å². The van der Waals surface area contributed by atoms with Crippen LogP contribution < -0.4 is 0 Å². The first-order valence-electron chi connectivity index (χ1n) is 7.25. The standard InChI is InChI=1S/C19H18N2/c1-3-16-10-14(5-7-18(16)12-20)9-15-6-8-19(13-21)17(4-2)11-15/h5-8,10-11H,3-4,9H2,1-2H3. The van der Waals surface area contributed by atoms with Gasteiger partial charge in [-0.05, 0) is 53.6 Å². The highest BCUT2D eigenvalue weighted by Gasteiger charge is 2.05. The van der Waals surface area contributed by atoms with Crippen LogP contribution in [0, 0.1) is 22.7 Å². The van der Waals surface area contributed by atoms with Gasteiger partial charge in [0.1, 0.15) is 0 Å².